The van der Waals surface area contributed by atoms with Crippen LogP contribution >= 0.6 is 23.4 Å². The van der Waals surface area contributed by atoms with E-state index < -0.39 is 5.91 Å². The highest BCUT2D eigenvalue weighted by Crippen LogP contribution is 2.22. The highest BCUT2D eigenvalue weighted by atomic mass is 35.5. The van der Waals surface area contributed by atoms with Crippen LogP contribution in [0, 0.1) is 0 Å². The van der Waals surface area contributed by atoms with Gasteiger partial charge in [0.05, 0.1) is 20.0 Å². The third kappa shape index (κ3) is 5.86. The number of ether oxygens (including phenoxy) is 2. The Morgan fingerprint density at radius 1 is 1.04 bits per heavy atom. The number of carbonyl (C=O) groups excluding carboxylic acids is 2. The van der Waals surface area contributed by atoms with Crippen LogP contribution in [0.4, 0.5) is 0 Å². The van der Waals surface area contributed by atoms with E-state index in [-0.39, 0.29) is 11.7 Å². The number of carbonyl (C=O) groups is 2. The van der Waals surface area contributed by atoms with E-state index in [0.29, 0.717) is 27.8 Å². The molecule has 0 aromatic heterocycles. The molecule has 2 rings (SSSR count). The lowest BCUT2D eigenvalue weighted by atomic mass is 10.2. The minimum atomic E-state index is -0.466. The molecule has 6 nitrogen and oxygen atoms in total. The van der Waals surface area contributed by atoms with E-state index in [4.69, 9.17) is 21.1 Å². The molecule has 0 atom stereocenters. The summed E-state index contributed by atoms with van der Waals surface area (Å²) in [5, 5.41) is 0.667. The summed E-state index contributed by atoms with van der Waals surface area (Å²) in [5.74, 6) is 0.977. The SMILES string of the molecule is COc1cc(OC)cc(C(=O)NNC(=O)CSCc2ccccc2Cl)c1. The topological polar surface area (TPSA) is 76.7 Å². The second-order valence-corrected chi connectivity index (χ2v) is 6.58. The second-order valence-electron chi connectivity index (χ2n) is 5.19. The molecule has 0 radical (unpaired) electrons. The van der Waals surface area contributed by atoms with Crippen molar-refractivity contribution in [2.24, 2.45) is 0 Å². The highest BCUT2D eigenvalue weighted by Gasteiger charge is 2.11. The lowest BCUT2D eigenvalue weighted by molar-refractivity contribution is -0.119. The van der Waals surface area contributed by atoms with Crippen LogP contribution in [0.1, 0.15) is 15.9 Å². The third-order valence-electron chi connectivity index (χ3n) is 3.38. The van der Waals surface area contributed by atoms with Crippen LogP contribution < -0.4 is 20.3 Å². The number of thioether (sulfide) groups is 1. The van der Waals surface area contributed by atoms with Gasteiger partial charge in [-0.2, -0.15) is 0 Å². The van der Waals surface area contributed by atoms with Crippen LogP contribution in [0.15, 0.2) is 42.5 Å². The minimum Gasteiger partial charge on any atom is -0.497 e. The zero-order valence-corrected chi connectivity index (χ0v) is 15.9. The summed E-state index contributed by atoms with van der Waals surface area (Å²) in [7, 11) is 2.99. The second kappa shape index (κ2) is 9.94. The van der Waals surface area contributed by atoms with Gasteiger partial charge < -0.3 is 9.47 Å². The Labute approximate surface area is 161 Å². The van der Waals surface area contributed by atoms with Crippen molar-refractivity contribution in [1.29, 1.82) is 0 Å². The Balaban J connectivity index is 1.81. The molecule has 138 valence electrons. The number of hydrazine groups is 1. The summed E-state index contributed by atoms with van der Waals surface area (Å²) < 4.78 is 10.2. The van der Waals surface area contributed by atoms with E-state index >= 15 is 0 Å². The number of hydrogen-bond acceptors (Lipinski definition) is 5. The number of nitrogens with one attached hydrogen (secondary N) is 2. The van der Waals surface area contributed by atoms with Crippen LogP contribution in [0.5, 0.6) is 11.5 Å². The molecule has 2 N–H and O–H groups in total. The van der Waals surface area contributed by atoms with Crippen molar-refractivity contribution in [2.45, 2.75) is 5.75 Å². The zero-order chi connectivity index (χ0) is 18.9. The van der Waals surface area contributed by atoms with Gasteiger partial charge in [-0.25, -0.2) is 0 Å². The molecule has 0 fully saturated rings. The van der Waals surface area contributed by atoms with E-state index in [1.807, 2.05) is 18.2 Å². The molecular weight excluding hydrogens is 376 g/mol. The first-order valence-corrected chi connectivity index (χ1v) is 9.20. The number of halogens is 1. The normalized spacial score (nSPS) is 10.1. The Morgan fingerprint density at radius 2 is 1.69 bits per heavy atom. The predicted octanol–water partition coefficient (Wildman–Crippen LogP) is 3.05. The van der Waals surface area contributed by atoms with E-state index in [2.05, 4.69) is 10.9 Å². The molecule has 2 amide bonds. The van der Waals surface area contributed by atoms with Gasteiger partial charge in [-0.15, -0.1) is 11.8 Å². The highest BCUT2D eigenvalue weighted by molar-refractivity contribution is 7.99. The largest absolute Gasteiger partial charge is 0.497 e. The molecule has 2 aromatic carbocycles. The third-order valence-corrected chi connectivity index (χ3v) is 4.73. The van der Waals surface area contributed by atoms with Crippen molar-refractivity contribution in [3.63, 3.8) is 0 Å². The predicted molar refractivity (Wildman–Crippen MR) is 103 cm³/mol. The molecule has 26 heavy (non-hydrogen) atoms. The van der Waals surface area contributed by atoms with Gasteiger partial charge in [0.25, 0.3) is 5.91 Å². The van der Waals surface area contributed by atoms with Crippen molar-refractivity contribution < 1.29 is 19.1 Å². The first kappa shape index (κ1) is 19.9. The van der Waals surface area contributed by atoms with Gasteiger partial charge in [0.1, 0.15) is 11.5 Å². The van der Waals surface area contributed by atoms with Crippen LogP contribution in [0.3, 0.4) is 0 Å². The number of rotatable bonds is 7. The zero-order valence-electron chi connectivity index (χ0n) is 14.4. The van der Waals surface area contributed by atoms with Gasteiger partial charge in [0.2, 0.25) is 5.91 Å². The van der Waals surface area contributed by atoms with Gasteiger partial charge in [-0.3, -0.25) is 20.4 Å². The van der Waals surface area contributed by atoms with Crippen LogP contribution in [-0.4, -0.2) is 31.8 Å². The molecule has 0 aliphatic heterocycles. The summed E-state index contributed by atoms with van der Waals surface area (Å²) in [6.07, 6.45) is 0. The monoisotopic (exact) mass is 394 g/mol. The minimum absolute atomic E-state index is 0.187. The smallest absolute Gasteiger partial charge is 0.269 e. The molecule has 0 unspecified atom stereocenters. The van der Waals surface area contributed by atoms with Crippen molar-refractivity contribution in [3.8, 4) is 11.5 Å². The van der Waals surface area contributed by atoms with E-state index in [1.54, 1.807) is 24.3 Å². The van der Waals surface area contributed by atoms with Crippen LogP contribution in [-0.2, 0) is 10.5 Å². The van der Waals surface area contributed by atoms with E-state index in [0.717, 1.165) is 5.56 Å². The van der Waals surface area contributed by atoms with Gasteiger partial charge in [-0.1, -0.05) is 29.8 Å². The fourth-order valence-electron chi connectivity index (χ4n) is 2.04. The fraction of sp³-hybridized carbons (Fsp3) is 0.222. The van der Waals surface area contributed by atoms with E-state index in [9.17, 15) is 9.59 Å². The molecule has 0 heterocycles. The Bertz CT molecular complexity index is 763. The fourth-order valence-corrected chi connectivity index (χ4v) is 3.16. The maximum Gasteiger partial charge on any atom is 0.269 e. The number of hydrogen-bond donors (Lipinski definition) is 2. The maximum atomic E-state index is 12.2. The standard InChI is InChI=1S/C18H19ClN2O4S/c1-24-14-7-13(8-15(9-14)25-2)18(23)21-20-17(22)11-26-10-12-5-3-4-6-16(12)19/h3-9H,10-11H2,1-2H3,(H,20,22)(H,21,23). The molecule has 0 saturated heterocycles. The van der Waals surface area contributed by atoms with Gasteiger partial charge in [0.15, 0.2) is 0 Å². The summed E-state index contributed by atoms with van der Waals surface area (Å²) >= 11 is 7.47. The lowest BCUT2D eigenvalue weighted by Crippen LogP contribution is -2.42. The summed E-state index contributed by atoms with van der Waals surface area (Å²) in [6.45, 7) is 0. The Hall–Kier alpha value is -2.38. The van der Waals surface area contributed by atoms with Gasteiger partial charge in [-0.05, 0) is 23.8 Å². The first-order valence-electron chi connectivity index (χ1n) is 7.67. The molecular formula is C18H19ClN2O4S. The lowest BCUT2D eigenvalue weighted by Gasteiger charge is -2.10. The molecule has 8 heteroatoms. The van der Waals surface area contributed by atoms with E-state index in [1.165, 1.54) is 26.0 Å². The van der Waals surface area contributed by atoms with Crippen LogP contribution in [0.25, 0.3) is 0 Å². The average molecular weight is 395 g/mol. The van der Waals surface area contributed by atoms with Gasteiger partial charge in [0, 0.05) is 22.4 Å². The molecule has 0 bridgehead atoms. The van der Waals surface area contributed by atoms with Crippen molar-refractivity contribution >= 4 is 35.2 Å². The number of benzene rings is 2. The van der Waals surface area contributed by atoms with Crippen LogP contribution in [0.2, 0.25) is 5.02 Å². The van der Waals surface area contributed by atoms with Crippen molar-refractivity contribution in [1.82, 2.24) is 10.9 Å². The molecule has 0 aliphatic rings. The Kier molecular flexibility index (Phi) is 7.62. The molecule has 0 saturated carbocycles. The van der Waals surface area contributed by atoms with Gasteiger partial charge >= 0.3 is 0 Å². The molecule has 2 aromatic rings. The summed E-state index contributed by atoms with van der Waals surface area (Å²) in [5.41, 5.74) is 6.02. The number of amides is 2. The summed E-state index contributed by atoms with van der Waals surface area (Å²) in [6, 6.07) is 12.2. The number of methoxy groups -OCH3 is 2. The first-order chi connectivity index (χ1) is 12.5. The van der Waals surface area contributed by atoms with Crippen molar-refractivity contribution in [2.75, 3.05) is 20.0 Å². The average Bonchev–Trinajstić information content (AvgIpc) is 2.67. The quantitative estimate of drug-likeness (QED) is 0.706. The molecule has 0 spiro atoms. The van der Waals surface area contributed by atoms with Crippen molar-refractivity contribution in [3.05, 3.63) is 58.6 Å². The maximum absolute atomic E-state index is 12.2. The molecule has 0 aliphatic carbocycles. The summed E-state index contributed by atoms with van der Waals surface area (Å²) in [4.78, 5) is 24.0. The Morgan fingerprint density at radius 3 is 2.31 bits per heavy atom.